The summed E-state index contributed by atoms with van der Waals surface area (Å²) in [4.78, 5) is 17.4. The molecule has 0 aliphatic carbocycles. The fourth-order valence-corrected chi connectivity index (χ4v) is 2.54. The molecule has 4 nitrogen and oxygen atoms in total. The summed E-state index contributed by atoms with van der Waals surface area (Å²) in [7, 11) is 2.07. The molecular weight excluding hydrogens is 240 g/mol. The number of hydrogen-bond donors (Lipinski definition) is 1. The topological polar surface area (TPSA) is 52.9 Å². The highest BCUT2D eigenvalue weighted by Gasteiger charge is 2.21. The van der Waals surface area contributed by atoms with Crippen LogP contribution in [0.25, 0.3) is 0 Å². The summed E-state index contributed by atoms with van der Waals surface area (Å²) in [5.41, 5.74) is 0. The number of carboxylic acids is 1. The highest BCUT2D eigenvalue weighted by atomic mass is 16.4. The zero-order valence-corrected chi connectivity index (χ0v) is 12.4. The molecule has 19 heavy (non-hydrogen) atoms. The molecule has 4 heteroatoms. The average molecular weight is 268 g/mol. The van der Waals surface area contributed by atoms with Crippen LogP contribution in [0.15, 0.2) is 4.99 Å². The minimum Gasteiger partial charge on any atom is -0.481 e. The molecule has 1 rings (SSSR count). The zero-order valence-electron chi connectivity index (χ0n) is 12.4. The third kappa shape index (κ3) is 6.60. The van der Waals surface area contributed by atoms with Gasteiger partial charge in [-0.1, -0.05) is 39.0 Å². The second-order valence-corrected chi connectivity index (χ2v) is 5.53. The van der Waals surface area contributed by atoms with Crippen molar-refractivity contribution in [3.63, 3.8) is 0 Å². The van der Waals surface area contributed by atoms with E-state index in [1.54, 1.807) is 0 Å². The van der Waals surface area contributed by atoms with E-state index in [9.17, 15) is 4.79 Å². The van der Waals surface area contributed by atoms with Gasteiger partial charge in [0.2, 0.25) is 0 Å². The molecule has 0 aromatic carbocycles. The van der Waals surface area contributed by atoms with E-state index in [2.05, 4.69) is 23.9 Å². The maximum Gasteiger partial charge on any atom is 0.303 e. The zero-order chi connectivity index (χ0) is 14.1. The Labute approximate surface area is 116 Å². The molecule has 110 valence electrons. The van der Waals surface area contributed by atoms with Crippen molar-refractivity contribution < 1.29 is 9.90 Å². The second-order valence-electron chi connectivity index (χ2n) is 5.53. The van der Waals surface area contributed by atoms with Crippen molar-refractivity contribution >= 4 is 11.8 Å². The predicted molar refractivity (Wildman–Crippen MR) is 78.7 cm³/mol. The van der Waals surface area contributed by atoms with Gasteiger partial charge in [0, 0.05) is 26.4 Å². The number of aliphatic carboxylic acids is 1. The van der Waals surface area contributed by atoms with Crippen LogP contribution in [0.3, 0.4) is 0 Å². The first-order chi connectivity index (χ1) is 9.13. The Hall–Kier alpha value is -1.06. The minimum absolute atomic E-state index is 0.191. The molecule has 0 aromatic rings. The van der Waals surface area contributed by atoms with Crippen molar-refractivity contribution in [3.05, 3.63) is 0 Å². The first-order valence-corrected chi connectivity index (χ1v) is 7.63. The van der Waals surface area contributed by atoms with E-state index in [-0.39, 0.29) is 12.5 Å². The molecule has 0 bridgehead atoms. The summed E-state index contributed by atoms with van der Waals surface area (Å²) in [5, 5.41) is 8.69. The number of amidine groups is 1. The molecule has 0 radical (unpaired) electrons. The first-order valence-electron chi connectivity index (χ1n) is 7.63. The number of hydrogen-bond acceptors (Lipinski definition) is 3. The van der Waals surface area contributed by atoms with Crippen molar-refractivity contribution in [2.75, 3.05) is 13.6 Å². The average Bonchev–Trinajstić information content (AvgIpc) is 2.72. The number of rotatable bonds is 10. The van der Waals surface area contributed by atoms with Crippen LogP contribution >= 0.6 is 0 Å². The Morgan fingerprint density at radius 3 is 2.68 bits per heavy atom. The number of carboxylic acid groups (broad SMARTS) is 1. The third-order valence-corrected chi connectivity index (χ3v) is 3.70. The molecule has 0 aromatic heterocycles. The van der Waals surface area contributed by atoms with Gasteiger partial charge in [0.25, 0.3) is 0 Å². The normalized spacial score (nSPS) is 18.7. The Balaban J connectivity index is 2.17. The summed E-state index contributed by atoms with van der Waals surface area (Å²) in [6.07, 6.45) is 9.75. The van der Waals surface area contributed by atoms with E-state index >= 15 is 0 Å². The van der Waals surface area contributed by atoms with E-state index < -0.39 is 5.97 Å². The van der Waals surface area contributed by atoms with E-state index in [0.29, 0.717) is 6.42 Å². The number of nitrogens with zero attached hydrogens (tertiary/aromatic N) is 2. The van der Waals surface area contributed by atoms with Gasteiger partial charge in [0.1, 0.15) is 0 Å². The fraction of sp³-hybridized carbons (Fsp3) is 0.867. The molecule has 1 unspecified atom stereocenters. The van der Waals surface area contributed by atoms with Crippen molar-refractivity contribution in [2.24, 2.45) is 4.99 Å². The van der Waals surface area contributed by atoms with E-state index in [0.717, 1.165) is 13.0 Å². The molecule has 0 saturated carbocycles. The maximum atomic E-state index is 10.6. The van der Waals surface area contributed by atoms with E-state index in [1.165, 1.54) is 44.4 Å². The largest absolute Gasteiger partial charge is 0.481 e. The van der Waals surface area contributed by atoms with E-state index in [1.807, 2.05) is 0 Å². The van der Waals surface area contributed by atoms with Crippen LogP contribution in [0.2, 0.25) is 0 Å². The molecule has 0 amide bonds. The SMILES string of the molecule is CCCCCCCCC1=NC(CCC(=O)O)CN1C. The number of aliphatic imine (C=N–C) groups is 1. The number of carbonyl (C=O) groups is 1. The smallest absolute Gasteiger partial charge is 0.303 e. The first kappa shape index (κ1) is 16.0. The molecular formula is C15H28N2O2. The van der Waals surface area contributed by atoms with Crippen LogP contribution in [0, 0.1) is 0 Å². The van der Waals surface area contributed by atoms with Gasteiger partial charge in [-0.15, -0.1) is 0 Å². The summed E-state index contributed by atoms with van der Waals surface area (Å²) >= 11 is 0. The summed E-state index contributed by atoms with van der Waals surface area (Å²) in [5.74, 6) is 0.452. The Morgan fingerprint density at radius 2 is 2.00 bits per heavy atom. The molecule has 1 aliphatic heterocycles. The van der Waals surface area contributed by atoms with Crippen LogP contribution in [0.4, 0.5) is 0 Å². The predicted octanol–water partition coefficient (Wildman–Crippen LogP) is 3.31. The summed E-state index contributed by atoms with van der Waals surface area (Å²) < 4.78 is 0. The number of likely N-dealkylation sites (N-methyl/N-ethyl adjacent to an activating group) is 1. The summed E-state index contributed by atoms with van der Waals surface area (Å²) in [6, 6.07) is 0.191. The minimum atomic E-state index is -0.720. The van der Waals surface area contributed by atoms with Crippen molar-refractivity contribution in [1.82, 2.24) is 4.90 Å². The van der Waals surface area contributed by atoms with Crippen LogP contribution in [-0.4, -0.2) is 41.4 Å². The van der Waals surface area contributed by atoms with Gasteiger partial charge >= 0.3 is 5.97 Å². The highest BCUT2D eigenvalue weighted by Crippen LogP contribution is 2.16. The molecule has 0 saturated heterocycles. The lowest BCUT2D eigenvalue weighted by atomic mass is 10.1. The second kappa shape index (κ2) is 8.94. The van der Waals surface area contributed by atoms with Crippen LogP contribution in [0.5, 0.6) is 0 Å². The maximum absolute atomic E-state index is 10.6. The van der Waals surface area contributed by atoms with Crippen molar-refractivity contribution in [3.8, 4) is 0 Å². The lowest BCUT2D eigenvalue weighted by molar-refractivity contribution is -0.137. The molecule has 1 aliphatic rings. The van der Waals surface area contributed by atoms with Crippen LogP contribution in [0.1, 0.15) is 64.7 Å². The van der Waals surface area contributed by atoms with Gasteiger partial charge in [-0.05, 0) is 12.8 Å². The summed E-state index contributed by atoms with van der Waals surface area (Å²) in [6.45, 7) is 3.12. The molecule has 1 N–H and O–H groups in total. The van der Waals surface area contributed by atoms with Crippen molar-refractivity contribution in [1.29, 1.82) is 0 Å². The Kier molecular flexibility index (Phi) is 7.53. The highest BCUT2D eigenvalue weighted by molar-refractivity contribution is 5.83. The molecule has 0 fully saturated rings. The van der Waals surface area contributed by atoms with Crippen molar-refractivity contribution in [2.45, 2.75) is 70.8 Å². The van der Waals surface area contributed by atoms with Gasteiger partial charge in [-0.2, -0.15) is 0 Å². The molecule has 1 atom stereocenters. The third-order valence-electron chi connectivity index (χ3n) is 3.70. The van der Waals surface area contributed by atoms with Gasteiger partial charge in [-0.25, -0.2) is 0 Å². The van der Waals surface area contributed by atoms with Crippen LogP contribution < -0.4 is 0 Å². The Bertz CT molecular complexity index is 303. The number of unbranched alkanes of at least 4 members (excludes halogenated alkanes) is 5. The quantitative estimate of drug-likeness (QED) is 0.618. The lowest BCUT2D eigenvalue weighted by Crippen LogP contribution is -2.24. The Morgan fingerprint density at radius 1 is 1.32 bits per heavy atom. The van der Waals surface area contributed by atoms with Gasteiger partial charge in [0.05, 0.1) is 11.9 Å². The molecule has 1 heterocycles. The van der Waals surface area contributed by atoms with Gasteiger partial charge < -0.3 is 10.0 Å². The van der Waals surface area contributed by atoms with E-state index in [4.69, 9.17) is 5.11 Å². The van der Waals surface area contributed by atoms with Crippen LogP contribution in [-0.2, 0) is 4.79 Å². The standard InChI is InChI=1S/C15H28N2O2/c1-3-4-5-6-7-8-9-14-16-13(12-17(14)2)10-11-15(18)19/h13H,3-12H2,1-2H3,(H,18,19). The monoisotopic (exact) mass is 268 g/mol. The lowest BCUT2D eigenvalue weighted by Gasteiger charge is -2.14. The molecule has 0 spiro atoms. The fourth-order valence-electron chi connectivity index (χ4n) is 2.54. The van der Waals surface area contributed by atoms with Gasteiger partial charge in [-0.3, -0.25) is 9.79 Å². The van der Waals surface area contributed by atoms with Gasteiger partial charge in [0.15, 0.2) is 0 Å².